The molecular formula is C14H16ClNO. The number of carbonyl (C=O) groups excluding carboxylic acids is 1. The van der Waals surface area contributed by atoms with E-state index in [4.69, 9.17) is 11.6 Å². The van der Waals surface area contributed by atoms with Crippen molar-refractivity contribution >= 4 is 23.6 Å². The van der Waals surface area contributed by atoms with E-state index in [1.54, 1.807) is 6.07 Å². The predicted molar refractivity (Wildman–Crippen MR) is 69.9 cm³/mol. The molecule has 0 unspecified atom stereocenters. The SMILES string of the molecule is O=Cc1cc(Cl)ccc1N(CC1CC1)C1CC1. The molecule has 1 aromatic carbocycles. The Morgan fingerprint density at radius 3 is 2.65 bits per heavy atom. The molecule has 17 heavy (non-hydrogen) atoms. The molecule has 0 heterocycles. The highest BCUT2D eigenvalue weighted by molar-refractivity contribution is 6.31. The maximum Gasteiger partial charge on any atom is 0.152 e. The lowest BCUT2D eigenvalue weighted by Gasteiger charge is -2.26. The molecule has 3 heteroatoms. The summed E-state index contributed by atoms with van der Waals surface area (Å²) in [6.45, 7) is 1.10. The highest BCUT2D eigenvalue weighted by Gasteiger charge is 2.34. The van der Waals surface area contributed by atoms with Gasteiger partial charge in [0.2, 0.25) is 0 Å². The zero-order valence-corrected chi connectivity index (χ0v) is 10.5. The molecule has 2 nitrogen and oxygen atoms in total. The number of nitrogens with zero attached hydrogens (tertiary/aromatic N) is 1. The van der Waals surface area contributed by atoms with E-state index in [1.807, 2.05) is 12.1 Å². The molecule has 2 aliphatic carbocycles. The Morgan fingerprint density at radius 1 is 1.29 bits per heavy atom. The minimum Gasteiger partial charge on any atom is -0.368 e. The van der Waals surface area contributed by atoms with Crippen molar-refractivity contribution in [1.82, 2.24) is 0 Å². The molecule has 2 saturated carbocycles. The van der Waals surface area contributed by atoms with Gasteiger partial charge in [-0.3, -0.25) is 4.79 Å². The van der Waals surface area contributed by atoms with Crippen molar-refractivity contribution in [3.63, 3.8) is 0 Å². The number of hydrogen-bond acceptors (Lipinski definition) is 2. The Balaban J connectivity index is 1.90. The van der Waals surface area contributed by atoms with Crippen molar-refractivity contribution in [2.45, 2.75) is 31.7 Å². The van der Waals surface area contributed by atoms with Gasteiger partial charge in [-0.1, -0.05) is 11.6 Å². The molecule has 0 atom stereocenters. The number of halogens is 1. The van der Waals surface area contributed by atoms with Crippen molar-refractivity contribution in [3.05, 3.63) is 28.8 Å². The summed E-state index contributed by atoms with van der Waals surface area (Å²) >= 11 is 5.94. The van der Waals surface area contributed by atoms with Crippen LogP contribution in [0.15, 0.2) is 18.2 Å². The van der Waals surface area contributed by atoms with Gasteiger partial charge in [0, 0.05) is 28.9 Å². The quantitative estimate of drug-likeness (QED) is 0.744. The maximum absolute atomic E-state index is 11.1. The molecule has 0 radical (unpaired) electrons. The van der Waals surface area contributed by atoms with Crippen LogP contribution in [-0.2, 0) is 0 Å². The lowest BCUT2D eigenvalue weighted by atomic mass is 10.1. The standard InChI is InChI=1S/C14H16ClNO/c15-12-3-6-14(11(7-12)9-17)16(13-4-5-13)8-10-1-2-10/h3,6-7,9-10,13H,1-2,4-5,8H2. The van der Waals surface area contributed by atoms with E-state index in [1.165, 1.54) is 25.7 Å². The average molecular weight is 250 g/mol. The van der Waals surface area contributed by atoms with E-state index in [0.29, 0.717) is 11.1 Å². The zero-order chi connectivity index (χ0) is 11.8. The second-order valence-electron chi connectivity index (χ2n) is 5.15. The molecule has 0 N–H and O–H groups in total. The maximum atomic E-state index is 11.1. The van der Waals surface area contributed by atoms with Crippen LogP contribution in [0.2, 0.25) is 5.02 Å². The predicted octanol–water partition coefficient (Wildman–Crippen LogP) is 3.53. The van der Waals surface area contributed by atoms with Gasteiger partial charge >= 0.3 is 0 Å². The third kappa shape index (κ3) is 2.47. The Hall–Kier alpha value is -1.02. The third-order valence-corrected chi connectivity index (χ3v) is 3.80. The number of rotatable bonds is 5. The van der Waals surface area contributed by atoms with Crippen LogP contribution < -0.4 is 4.90 Å². The third-order valence-electron chi connectivity index (χ3n) is 3.57. The smallest absolute Gasteiger partial charge is 0.152 e. The first-order valence-electron chi connectivity index (χ1n) is 6.29. The second kappa shape index (κ2) is 4.34. The van der Waals surface area contributed by atoms with Crippen LogP contribution >= 0.6 is 11.6 Å². The molecule has 0 amide bonds. The number of aldehydes is 1. The molecule has 0 aromatic heterocycles. The van der Waals surface area contributed by atoms with Gasteiger partial charge in [0.05, 0.1) is 0 Å². The van der Waals surface area contributed by atoms with Gasteiger partial charge in [-0.05, 0) is 49.8 Å². The molecule has 0 saturated heterocycles. The molecule has 90 valence electrons. The molecule has 0 aliphatic heterocycles. The minimum atomic E-state index is 0.637. The highest BCUT2D eigenvalue weighted by atomic mass is 35.5. The fraction of sp³-hybridized carbons (Fsp3) is 0.500. The fourth-order valence-electron chi connectivity index (χ4n) is 2.29. The molecule has 3 rings (SSSR count). The Labute approximate surface area is 107 Å². The first-order chi connectivity index (χ1) is 8.28. The number of benzene rings is 1. The number of hydrogen-bond donors (Lipinski definition) is 0. The second-order valence-corrected chi connectivity index (χ2v) is 5.58. The van der Waals surface area contributed by atoms with Crippen molar-refractivity contribution in [2.75, 3.05) is 11.4 Å². The summed E-state index contributed by atoms with van der Waals surface area (Å²) in [5, 5.41) is 0.637. The van der Waals surface area contributed by atoms with E-state index in [9.17, 15) is 4.79 Å². The summed E-state index contributed by atoms with van der Waals surface area (Å²) in [5.74, 6) is 0.839. The number of anilines is 1. The van der Waals surface area contributed by atoms with Gasteiger partial charge in [0.15, 0.2) is 6.29 Å². The lowest BCUT2D eigenvalue weighted by molar-refractivity contribution is 0.112. The first-order valence-corrected chi connectivity index (χ1v) is 6.67. The van der Waals surface area contributed by atoms with Gasteiger partial charge in [-0.2, -0.15) is 0 Å². The average Bonchev–Trinajstić information content (AvgIpc) is 3.18. The van der Waals surface area contributed by atoms with E-state index >= 15 is 0 Å². The van der Waals surface area contributed by atoms with Crippen molar-refractivity contribution in [3.8, 4) is 0 Å². The molecule has 0 bridgehead atoms. The van der Waals surface area contributed by atoms with Crippen LogP contribution in [0, 0.1) is 5.92 Å². The Kier molecular flexibility index (Phi) is 2.83. The molecule has 2 aliphatic rings. The first kappa shape index (κ1) is 11.1. The summed E-state index contributed by atoms with van der Waals surface area (Å²) in [5.41, 5.74) is 1.80. The van der Waals surface area contributed by atoms with E-state index in [-0.39, 0.29) is 0 Å². The fourth-order valence-corrected chi connectivity index (χ4v) is 2.47. The van der Waals surface area contributed by atoms with Gasteiger partial charge < -0.3 is 4.90 Å². The van der Waals surface area contributed by atoms with E-state index in [0.717, 1.165) is 30.0 Å². The summed E-state index contributed by atoms with van der Waals surface area (Å²) < 4.78 is 0. The molecular weight excluding hydrogens is 234 g/mol. The van der Waals surface area contributed by atoms with E-state index < -0.39 is 0 Å². The molecule has 1 aromatic rings. The van der Waals surface area contributed by atoms with Crippen LogP contribution in [0.5, 0.6) is 0 Å². The van der Waals surface area contributed by atoms with Crippen LogP contribution in [0.25, 0.3) is 0 Å². The number of carbonyl (C=O) groups is 1. The monoisotopic (exact) mass is 249 g/mol. The minimum absolute atomic E-state index is 0.637. The van der Waals surface area contributed by atoms with Gasteiger partial charge in [0.1, 0.15) is 0 Å². The van der Waals surface area contributed by atoms with Crippen LogP contribution in [0.1, 0.15) is 36.0 Å². The van der Waals surface area contributed by atoms with Gasteiger partial charge in [0.25, 0.3) is 0 Å². The summed E-state index contributed by atoms with van der Waals surface area (Å²) in [6.07, 6.45) is 6.12. The van der Waals surface area contributed by atoms with Crippen LogP contribution in [0.3, 0.4) is 0 Å². The largest absolute Gasteiger partial charge is 0.368 e. The Morgan fingerprint density at radius 2 is 2.06 bits per heavy atom. The van der Waals surface area contributed by atoms with E-state index in [2.05, 4.69) is 4.90 Å². The van der Waals surface area contributed by atoms with Crippen molar-refractivity contribution in [2.24, 2.45) is 5.92 Å². The molecule has 0 spiro atoms. The Bertz CT molecular complexity index is 438. The van der Waals surface area contributed by atoms with Crippen molar-refractivity contribution < 1.29 is 4.79 Å². The normalized spacial score (nSPS) is 19.1. The van der Waals surface area contributed by atoms with Gasteiger partial charge in [-0.15, -0.1) is 0 Å². The van der Waals surface area contributed by atoms with Crippen LogP contribution in [0.4, 0.5) is 5.69 Å². The zero-order valence-electron chi connectivity index (χ0n) is 9.73. The molecule has 2 fully saturated rings. The lowest BCUT2D eigenvalue weighted by Crippen LogP contribution is -2.28. The summed E-state index contributed by atoms with van der Waals surface area (Å²) in [7, 11) is 0. The topological polar surface area (TPSA) is 20.3 Å². The summed E-state index contributed by atoms with van der Waals surface area (Å²) in [6, 6.07) is 6.29. The van der Waals surface area contributed by atoms with Gasteiger partial charge in [-0.25, -0.2) is 0 Å². The van der Waals surface area contributed by atoms with Crippen LogP contribution in [-0.4, -0.2) is 18.9 Å². The van der Waals surface area contributed by atoms with Crippen molar-refractivity contribution in [1.29, 1.82) is 0 Å². The highest BCUT2D eigenvalue weighted by Crippen LogP contribution is 2.39. The summed E-state index contributed by atoms with van der Waals surface area (Å²) in [4.78, 5) is 13.6.